The molecule has 2 aliphatic carbocycles. The summed E-state index contributed by atoms with van der Waals surface area (Å²) < 4.78 is 11.9. The number of aryl methyl sites for hydroxylation is 1. The van der Waals surface area contributed by atoms with E-state index in [0.29, 0.717) is 18.3 Å². The van der Waals surface area contributed by atoms with E-state index >= 15 is 0 Å². The van der Waals surface area contributed by atoms with Crippen LogP contribution in [0.4, 0.5) is 5.95 Å². The lowest BCUT2D eigenvalue weighted by molar-refractivity contribution is -0.118. The van der Waals surface area contributed by atoms with Crippen molar-refractivity contribution in [3.8, 4) is 5.88 Å². The molecule has 2 aromatic heterocycles. The number of thiophene rings is 1. The van der Waals surface area contributed by atoms with Crippen LogP contribution in [0.15, 0.2) is 0 Å². The number of nitrogen functional groups attached to an aromatic ring is 1. The van der Waals surface area contributed by atoms with E-state index in [2.05, 4.69) is 14.9 Å². The fourth-order valence-corrected chi connectivity index (χ4v) is 6.55. The molecule has 8 nitrogen and oxygen atoms in total. The van der Waals surface area contributed by atoms with Gasteiger partial charge < -0.3 is 20.9 Å². The molecule has 0 spiro atoms. The Morgan fingerprint density at radius 2 is 1.93 bits per heavy atom. The molecule has 9 heteroatoms. The Kier molecular flexibility index (Phi) is 5.51. The van der Waals surface area contributed by atoms with Crippen LogP contribution in [-0.4, -0.2) is 59.2 Å². The zero-order chi connectivity index (χ0) is 20.7. The van der Waals surface area contributed by atoms with Crippen LogP contribution in [0, 0.1) is 0 Å². The van der Waals surface area contributed by atoms with Gasteiger partial charge in [-0.1, -0.05) is 0 Å². The predicted octanol–water partition coefficient (Wildman–Crippen LogP) is 2.20. The average Bonchev–Trinajstić information content (AvgIpc) is 3.28. The molecule has 1 saturated carbocycles. The number of morpholine rings is 1. The molecule has 5 rings (SSSR count). The molecule has 1 aliphatic heterocycles. The Morgan fingerprint density at radius 3 is 2.67 bits per heavy atom. The SMILES string of the molecule is NC(=O)C[C@H]1CCc2sc3nc(N)nc(OC4CCC(N5CCOCC5)CC4)c3c21. The summed E-state index contributed by atoms with van der Waals surface area (Å²) >= 11 is 1.65. The van der Waals surface area contributed by atoms with Crippen LogP contribution in [0.3, 0.4) is 0 Å². The van der Waals surface area contributed by atoms with E-state index < -0.39 is 0 Å². The van der Waals surface area contributed by atoms with Crippen LogP contribution in [-0.2, 0) is 16.0 Å². The minimum atomic E-state index is -0.271. The third kappa shape index (κ3) is 3.86. The van der Waals surface area contributed by atoms with Crippen molar-refractivity contribution in [1.29, 1.82) is 0 Å². The molecule has 0 radical (unpaired) electrons. The first-order valence-electron chi connectivity index (χ1n) is 10.9. The summed E-state index contributed by atoms with van der Waals surface area (Å²) in [5.41, 5.74) is 12.7. The first kappa shape index (κ1) is 20.0. The van der Waals surface area contributed by atoms with Crippen molar-refractivity contribution >= 4 is 33.4 Å². The number of hydrogen-bond donors (Lipinski definition) is 2. The first-order valence-corrected chi connectivity index (χ1v) is 11.8. The third-order valence-electron chi connectivity index (χ3n) is 6.71. The molecule has 0 bridgehead atoms. The highest BCUT2D eigenvalue weighted by molar-refractivity contribution is 7.19. The van der Waals surface area contributed by atoms with Gasteiger partial charge in [-0.2, -0.15) is 4.98 Å². The molecule has 1 saturated heterocycles. The smallest absolute Gasteiger partial charge is 0.227 e. The highest BCUT2D eigenvalue weighted by atomic mass is 32.1. The van der Waals surface area contributed by atoms with E-state index in [-0.39, 0.29) is 23.9 Å². The minimum absolute atomic E-state index is 0.123. The average molecular weight is 432 g/mol. The maximum atomic E-state index is 11.6. The van der Waals surface area contributed by atoms with E-state index in [4.69, 9.17) is 20.9 Å². The maximum Gasteiger partial charge on any atom is 0.227 e. The monoisotopic (exact) mass is 431 g/mol. The van der Waals surface area contributed by atoms with Gasteiger partial charge in [0.25, 0.3) is 0 Å². The van der Waals surface area contributed by atoms with Gasteiger partial charge >= 0.3 is 0 Å². The molecule has 3 aliphatic rings. The van der Waals surface area contributed by atoms with Crippen LogP contribution >= 0.6 is 11.3 Å². The van der Waals surface area contributed by atoms with E-state index in [9.17, 15) is 4.79 Å². The predicted molar refractivity (Wildman–Crippen MR) is 116 cm³/mol. The molecule has 4 N–H and O–H groups in total. The van der Waals surface area contributed by atoms with Gasteiger partial charge in [-0.25, -0.2) is 4.98 Å². The largest absolute Gasteiger partial charge is 0.474 e. The number of aromatic nitrogens is 2. The number of rotatable bonds is 5. The number of fused-ring (bicyclic) bond motifs is 3. The Labute approximate surface area is 179 Å². The summed E-state index contributed by atoms with van der Waals surface area (Å²) in [7, 11) is 0. The molecule has 0 aromatic carbocycles. The van der Waals surface area contributed by atoms with E-state index in [0.717, 1.165) is 80.6 Å². The molecule has 2 aromatic rings. The summed E-state index contributed by atoms with van der Waals surface area (Å²) in [4.78, 5) is 25.2. The number of hydrogen-bond acceptors (Lipinski definition) is 8. The third-order valence-corrected chi connectivity index (χ3v) is 7.87. The zero-order valence-corrected chi connectivity index (χ0v) is 18.0. The minimum Gasteiger partial charge on any atom is -0.474 e. The summed E-state index contributed by atoms with van der Waals surface area (Å²) in [5.74, 6) is 0.678. The number of amides is 1. The lowest BCUT2D eigenvalue weighted by Crippen LogP contribution is -2.46. The second kappa shape index (κ2) is 8.28. The van der Waals surface area contributed by atoms with Gasteiger partial charge in [-0.15, -0.1) is 11.3 Å². The van der Waals surface area contributed by atoms with Crippen LogP contribution in [0.5, 0.6) is 5.88 Å². The fourth-order valence-electron chi connectivity index (χ4n) is 5.28. The topological polar surface area (TPSA) is 117 Å². The highest BCUT2D eigenvalue weighted by Crippen LogP contribution is 2.47. The number of ether oxygens (including phenoxy) is 2. The van der Waals surface area contributed by atoms with Crippen molar-refractivity contribution in [3.63, 3.8) is 0 Å². The van der Waals surface area contributed by atoms with E-state index in [1.54, 1.807) is 11.3 Å². The van der Waals surface area contributed by atoms with Gasteiger partial charge in [-0.05, 0) is 50.0 Å². The van der Waals surface area contributed by atoms with Crippen LogP contribution in [0.2, 0.25) is 0 Å². The summed E-state index contributed by atoms with van der Waals surface area (Å²) in [5, 5.41) is 0.947. The van der Waals surface area contributed by atoms with Crippen molar-refractivity contribution in [3.05, 3.63) is 10.4 Å². The van der Waals surface area contributed by atoms with Crippen LogP contribution in [0.25, 0.3) is 10.2 Å². The molecule has 3 heterocycles. The number of nitrogens with two attached hydrogens (primary N) is 2. The standard InChI is InChI=1S/C21H29N5O3S/c22-16(27)11-12-1-6-15-17(12)18-19(24-21(23)25-20(18)30-15)29-14-4-2-13(3-5-14)26-7-9-28-10-8-26/h12-14H,1-11H2,(H2,22,27)(H2,23,24,25)/t12-,13?,14?/m1/s1. The van der Waals surface area contributed by atoms with Crippen LogP contribution < -0.4 is 16.2 Å². The molecule has 1 amide bonds. The molecule has 162 valence electrons. The number of nitrogens with zero attached hydrogens (tertiary/aromatic N) is 3. The van der Waals surface area contributed by atoms with Gasteiger partial charge in [0.1, 0.15) is 10.9 Å². The normalized spacial score (nSPS) is 27.3. The summed E-state index contributed by atoms with van der Waals surface area (Å²) in [6.07, 6.45) is 6.63. The summed E-state index contributed by atoms with van der Waals surface area (Å²) in [6.45, 7) is 3.73. The Bertz CT molecular complexity index is 934. The van der Waals surface area contributed by atoms with Crippen molar-refractivity contribution in [2.75, 3.05) is 32.0 Å². The quantitative estimate of drug-likeness (QED) is 0.745. The van der Waals surface area contributed by atoms with Gasteiger partial charge in [0.15, 0.2) is 0 Å². The van der Waals surface area contributed by atoms with Gasteiger partial charge in [0, 0.05) is 30.4 Å². The molecule has 30 heavy (non-hydrogen) atoms. The molecule has 2 fully saturated rings. The second-order valence-corrected chi connectivity index (χ2v) is 9.69. The van der Waals surface area contributed by atoms with Crippen molar-refractivity contribution in [2.24, 2.45) is 5.73 Å². The van der Waals surface area contributed by atoms with Crippen molar-refractivity contribution < 1.29 is 14.3 Å². The van der Waals surface area contributed by atoms with Crippen LogP contribution in [0.1, 0.15) is 54.9 Å². The number of anilines is 1. The van der Waals surface area contributed by atoms with Gasteiger partial charge in [-0.3, -0.25) is 9.69 Å². The highest BCUT2D eigenvalue weighted by Gasteiger charge is 2.33. The van der Waals surface area contributed by atoms with E-state index in [1.165, 1.54) is 4.88 Å². The maximum absolute atomic E-state index is 11.6. The van der Waals surface area contributed by atoms with Crippen molar-refractivity contribution in [2.45, 2.75) is 63.0 Å². The van der Waals surface area contributed by atoms with E-state index in [1.807, 2.05) is 0 Å². The Morgan fingerprint density at radius 1 is 1.17 bits per heavy atom. The Hall–Kier alpha value is -1.97. The van der Waals surface area contributed by atoms with Crippen molar-refractivity contribution in [1.82, 2.24) is 14.9 Å². The molecular weight excluding hydrogens is 402 g/mol. The summed E-state index contributed by atoms with van der Waals surface area (Å²) in [6, 6.07) is 0.620. The number of carbonyl (C=O) groups is 1. The van der Waals surface area contributed by atoms with Gasteiger partial charge in [0.2, 0.25) is 17.7 Å². The zero-order valence-electron chi connectivity index (χ0n) is 17.1. The lowest BCUT2D eigenvalue weighted by Gasteiger charge is -2.38. The molecular formula is C21H29N5O3S. The second-order valence-electron chi connectivity index (χ2n) is 8.61. The number of primary amides is 1. The first-order chi connectivity index (χ1) is 14.6. The lowest BCUT2D eigenvalue weighted by atomic mass is 9.91. The fraction of sp³-hybridized carbons (Fsp3) is 0.667. The van der Waals surface area contributed by atoms with Gasteiger partial charge in [0.05, 0.1) is 18.6 Å². The molecule has 1 atom stereocenters. The molecule has 0 unspecified atom stereocenters. The number of carbonyl (C=O) groups excluding carboxylic acids is 1. The Balaban J connectivity index is 1.35.